The van der Waals surface area contributed by atoms with Crippen molar-refractivity contribution < 1.29 is 9.50 Å². The SMILES string of the molecule is CC(CO)(Nc1ccc(F)cc1)c1cccnc1. The van der Waals surface area contributed by atoms with Crippen molar-refractivity contribution in [2.24, 2.45) is 0 Å². The maximum absolute atomic E-state index is 12.8. The molecule has 0 aliphatic rings. The third-order valence-electron chi connectivity index (χ3n) is 2.88. The number of aromatic nitrogens is 1. The molecule has 0 saturated heterocycles. The van der Waals surface area contributed by atoms with Crippen LogP contribution in [0.3, 0.4) is 0 Å². The van der Waals surface area contributed by atoms with Gasteiger partial charge in [-0.05, 0) is 42.8 Å². The van der Waals surface area contributed by atoms with Gasteiger partial charge in [0.1, 0.15) is 5.82 Å². The molecule has 4 heteroatoms. The average molecular weight is 246 g/mol. The van der Waals surface area contributed by atoms with Crippen molar-refractivity contribution in [2.45, 2.75) is 12.5 Å². The number of nitrogens with one attached hydrogen (secondary N) is 1. The fourth-order valence-electron chi connectivity index (χ4n) is 1.74. The first-order valence-electron chi connectivity index (χ1n) is 5.69. The lowest BCUT2D eigenvalue weighted by molar-refractivity contribution is 0.224. The highest BCUT2D eigenvalue weighted by Gasteiger charge is 2.25. The highest BCUT2D eigenvalue weighted by Crippen LogP contribution is 2.25. The summed E-state index contributed by atoms with van der Waals surface area (Å²) in [5.74, 6) is -0.285. The van der Waals surface area contributed by atoms with E-state index in [2.05, 4.69) is 10.3 Å². The van der Waals surface area contributed by atoms with E-state index < -0.39 is 5.54 Å². The minimum Gasteiger partial charge on any atom is -0.394 e. The Morgan fingerprint density at radius 3 is 2.56 bits per heavy atom. The molecule has 1 heterocycles. The predicted molar refractivity (Wildman–Crippen MR) is 68.7 cm³/mol. The molecule has 1 aromatic carbocycles. The molecule has 0 radical (unpaired) electrons. The number of rotatable bonds is 4. The predicted octanol–water partition coefficient (Wildman–Crippen LogP) is 2.54. The molecule has 2 rings (SSSR count). The second-order valence-electron chi connectivity index (χ2n) is 4.36. The van der Waals surface area contributed by atoms with Crippen molar-refractivity contribution in [2.75, 3.05) is 11.9 Å². The fraction of sp³-hybridized carbons (Fsp3) is 0.214. The zero-order valence-corrected chi connectivity index (χ0v) is 10.1. The van der Waals surface area contributed by atoms with Crippen molar-refractivity contribution in [3.05, 3.63) is 60.2 Å². The van der Waals surface area contributed by atoms with Gasteiger partial charge >= 0.3 is 0 Å². The number of aliphatic hydroxyl groups is 1. The van der Waals surface area contributed by atoms with Crippen LogP contribution < -0.4 is 5.32 Å². The molecular weight excluding hydrogens is 231 g/mol. The average Bonchev–Trinajstić information content (AvgIpc) is 2.42. The Balaban J connectivity index is 2.26. The first-order chi connectivity index (χ1) is 8.64. The number of hydrogen-bond acceptors (Lipinski definition) is 3. The van der Waals surface area contributed by atoms with Crippen molar-refractivity contribution in [1.29, 1.82) is 0 Å². The maximum Gasteiger partial charge on any atom is 0.123 e. The minimum absolute atomic E-state index is 0.0872. The van der Waals surface area contributed by atoms with E-state index in [9.17, 15) is 9.50 Å². The van der Waals surface area contributed by atoms with Gasteiger partial charge in [0.15, 0.2) is 0 Å². The Bertz CT molecular complexity index is 501. The van der Waals surface area contributed by atoms with Gasteiger partial charge in [-0.1, -0.05) is 6.07 Å². The molecule has 0 bridgehead atoms. The first-order valence-corrected chi connectivity index (χ1v) is 5.69. The maximum atomic E-state index is 12.8. The van der Waals surface area contributed by atoms with E-state index in [1.165, 1.54) is 12.1 Å². The highest BCUT2D eigenvalue weighted by atomic mass is 19.1. The number of pyridine rings is 1. The molecule has 0 aliphatic carbocycles. The van der Waals surface area contributed by atoms with Gasteiger partial charge in [0.05, 0.1) is 12.1 Å². The van der Waals surface area contributed by atoms with Crippen LogP contribution in [-0.4, -0.2) is 16.7 Å². The van der Waals surface area contributed by atoms with Crippen LogP contribution in [0.1, 0.15) is 12.5 Å². The van der Waals surface area contributed by atoms with E-state index in [0.717, 1.165) is 11.3 Å². The smallest absolute Gasteiger partial charge is 0.123 e. The zero-order chi connectivity index (χ0) is 13.0. The molecule has 0 fully saturated rings. The van der Waals surface area contributed by atoms with E-state index in [-0.39, 0.29) is 12.4 Å². The van der Waals surface area contributed by atoms with Gasteiger partial charge < -0.3 is 10.4 Å². The summed E-state index contributed by atoms with van der Waals surface area (Å²) in [6, 6.07) is 9.74. The molecule has 1 unspecified atom stereocenters. The second-order valence-corrected chi connectivity index (χ2v) is 4.36. The van der Waals surface area contributed by atoms with Gasteiger partial charge in [-0.2, -0.15) is 0 Å². The van der Waals surface area contributed by atoms with Crippen LogP contribution in [0.2, 0.25) is 0 Å². The quantitative estimate of drug-likeness (QED) is 0.871. The van der Waals surface area contributed by atoms with Crippen molar-refractivity contribution in [3.8, 4) is 0 Å². The Kier molecular flexibility index (Phi) is 3.58. The number of nitrogens with zero attached hydrogens (tertiary/aromatic N) is 1. The second kappa shape index (κ2) is 5.14. The third-order valence-corrected chi connectivity index (χ3v) is 2.88. The standard InChI is InChI=1S/C14H15FN2O/c1-14(10-18,11-3-2-8-16-9-11)17-13-6-4-12(15)5-7-13/h2-9,17-18H,10H2,1H3. The third kappa shape index (κ3) is 2.65. The van der Waals surface area contributed by atoms with E-state index in [4.69, 9.17) is 0 Å². The molecule has 0 spiro atoms. The van der Waals surface area contributed by atoms with Gasteiger partial charge in [-0.3, -0.25) is 4.98 Å². The van der Waals surface area contributed by atoms with Crippen LogP contribution in [0.25, 0.3) is 0 Å². The molecule has 18 heavy (non-hydrogen) atoms. The van der Waals surface area contributed by atoms with E-state index in [0.29, 0.717) is 0 Å². The number of halogens is 1. The van der Waals surface area contributed by atoms with E-state index >= 15 is 0 Å². The van der Waals surface area contributed by atoms with E-state index in [1.54, 1.807) is 24.5 Å². The molecular formula is C14H15FN2O. The van der Waals surface area contributed by atoms with Gasteiger partial charge in [-0.15, -0.1) is 0 Å². The summed E-state index contributed by atoms with van der Waals surface area (Å²) in [4.78, 5) is 4.04. The van der Waals surface area contributed by atoms with Gasteiger partial charge in [-0.25, -0.2) is 4.39 Å². The molecule has 1 aromatic heterocycles. The van der Waals surface area contributed by atoms with Crippen LogP contribution in [0, 0.1) is 5.82 Å². The monoisotopic (exact) mass is 246 g/mol. The van der Waals surface area contributed by atoms with Crippen LogP contribution >= 0.6 is 0 Å². The minimum atomic E-state index is -0.647. The summed E-state index contributed by atoms with van der Waals surface area (Å²) >= 11 is 0. The molecule has 0 amide bonds. The van der Waals surface area contributed by atoms with Crippen LogP contribution in [0.4, 0.5) is 10.1 Å². The number of anilines is 1. The normalized spacial score (nSPS) is 13.9. The van der Waals surface area contributed by atoms with Crippen LogP contribution in [0.15, 0.2) is 48.8 Å². The number of benzene rings is 1. The van der Waals surface area contributed by atoms with Gasteiger partial charge in [0, 0.05) is 18.1 Å². The van der Waals surface area contributed by atoms with Crippen LogP contribution in [-0.2, 0) is 5.54 Å². The van der Waals surface area contributed by atoms with Crippen molar-refractivity contribution in [1.82, 2.24) is 4.98 Å². The molecule has 0 saturated carbocycles. The molecule has 2 aromatic rings. The topological polar surface area (TPSA) is 45.1 Å². The summed E-state index contributed by atoms with van der Waals surface area (Å²) < 4.78 is 12.8. The molecule has 0 aliphatic heterocycles. The summed E-state index contributed by atoms with van der Waals surface area (Å²) in [7, 11) is 0. The Morgan fingerprint density at radius 1 is 1.28 bits per heavy atom. The first kappa shape index (κ1) is 12.5. The fourth-order valence-corrected chi connectivity index (χ4v) is 1.74. The largest absolute Gasteiger partial charge is 0.394 e. The van der Waals surface area contributed by atoms with Crippen molar-refractivity contribution in [3.63, 3.8) is 0 Å². The lowest BCUT2D eigenvalue weighted by atomic mass is 9.94. The Hall–Kier alpha value is -1.94. The summed E-state index contributed by atoms with van der Waals surface area (Å²) in [6.45, 7) is 1.78. The summed E-state index contributed by atoms with van der Waals surface area (Å²) in [5.41, 5.74) is 0.972. The highest BCUT2D eigenvalue weighted by molar-refractivity contribution is 5.47. The zero-order valence-electron chi connectivity index (χ0n) is 10.1. The van der Waals surface area contributed by atoms with E-state index in [1.807, 2.05) is 19.1 Å². The lowest BCUT2D eigenvalue weighted by Crippen LogP contribution is -2.35. The number of hydrogen-bond donors (Lipinski definition) is 2. The molecule has 3 nitrogen and oxygen atoms in total. The Labute approximate surface area is 105 Å². The summed E-state index contributed by atoms with van der Waals surface area (Å²) in [6.07, 6.45) is 3.38. The van der Waals surface area contributed by atoms with Gasteiger partial charge in [0.25, 0.3) is 0 Å². The van der Waals surface area contributed by atoms with Crippen LogP contribution in [0.5, 0.6) is 0 Å². The van der Waals surface area contributed by atoms with Gasteiger partial charge in [0.2, 0.25) is 0 Å². The van der Waals surface area contributed by atoms with Crippen molar-refractivity contribution >= 4 is 5.69 Å². The lowest BCUT2D eigenvalue weighted by Gasteiger charge is -2.30. The number of aliphatic hydroxyl groups excluding tert-OH is 1. The molecule has 94 valence electrons. The molecule has 2 N–H and O–H groups in total. The molecule has 1 atom stereocenters. The Morgan fingerprint density at radius 2 is 2.00 bits per heavy atom. The summed E-state index contributed by atoms with van der Waals surface area (Å²) in [5, 5.41) is 12.8.